The summed E-state index contributed by atoms with van der Waals surface area (Å²) >= 11 is 4.47. The number of hydrogen-bond donors (Lipinski definition) is 0. The van der Waals surface area contributed by atoms with Crippen molar-refractivity contribution in [1.29, 1.82) is 0 Å². The van der Waals surface area contributed by atoms with Crippen molar-refractivity contribution >= 4 is 46.5 Å². The van der Waals surface area contributed by atoms with Gasteiger partial charge in [-0.3, -0.25) is 4.79 Å². The summed E-state index contributed by atoms with van der Waals surface area (Å²) in [6, 6.07) is 9.58. The van der Waals surface area contributed by atoms with E-state index in [-0.39, 0.29) is 11.7 Å². The Kier molecular flexibility index (Phi) is 6.63. The molecule has 0 bridgehead atoms. The van der Waals surface area contributed by atoms with Crippen LogP contribution in [-0.2, 0) is 17.1 Å². The fourth-order valence-electron chi connectivity index (χ4n) is 2.76. The van der Waals surface area contributed by atoms with E-state index in [1.165, 1.54) is 11.8 Å². The number of aromatic nitrogens is 2. The number of nitrogens with zero attached hydrogens (tertiary/aromatic N) is 3. The van der Waals surface area contributed by atoms with E-state index in [2.05, 4.69) is 10.2 Å². The fraction of sp³-hybridized carbons (Fsp3) is 0.316. The number of thiophene rings is 1. The standard InChI is InChI=1S/C19H19N3O4S3/c1-27-11-17-20-21-19(26-17)29-12-18(23)22(10-14-3-2-8-28-14)13-4-5-15-16(9-13)25-7-6-24-15/h2-5,8-9H,6-7,10-12H2,1H3. The van der Waals surface area contributed by atoms with Gasteiger partial charge in [0.05, 0.1) is 18.1 Å². The van der Waals surface area contributed by atoms with Crippen LogP contribution in [0.3, 0.4) is 0 Å². The van der Waals surface area contributed by atoms with Crippen LogP contribution >= 0.6 is 34.9 Å². The van der Waals surface area contributed by atoms with Crippen molar-refractivity contribution in [2.24, 2.45) is 0 Å². The van der Waals surface area contributed by atoms with Gasteiger partial charge in [0.2, 0.25) is 11.8 Å². The van der Waals surface area contributed by atoms with Crippen LogP contribution in [0.25, 0.3) is 0 Å². The lowest BCUT2D eigenvalue weighted by Crippen LogP contribution is -2.31. The van der Waals surface area contributed by atoms with E-state index in [4.69, 9.17) is 13.9 Å². The molecule has 1 amide bonds. The molecule has 1 aliphatic rings. The minimum Gasteiger partial charge on any atom is -0.486 e. The van der Waals surface area contributed by atoms with Crippen molar-refractivity contribution in [2.75, 3.05) is 30.1 Å². The van der Waals surface area contributed by atoms with Crippen molar-refractivity contribution in [2.45, 2.75) is 17.5 Å². The molecule has 2 aromatic heterocycles. The molecule has 3 heterocycles. The van der Waals surface area contributed by atoms with Gasteiger partial charge in [0.15, 0.2) is 11.5 Å². The summed E-state index contributed by atoms with van der Waals surface area (Å²) < 4.78 is 16.8. The molecule has 0 N–H and O–H groups in total. The van der Waals surface area contributed by atoms with Crippen molar-refractivity contribution in [3.8, 4) is 11.5 Å². The summed E-state index contributed by atoms with van der Waals surface area (Å²) in [5, 5.41) is 10.4. The first-order chi connectivity index (χ1) is 14.2. The van der Waals surface area contributed by atoms with Crippen molar-refractivity contribution in [3.63, 3.8) is 0 Å². The Labute approximate surface area is 180 Å². The van der Waals surface area contributed by atoms with E-state index in [9.17, 15) is 4.79 Å². The highest BCUT2D eigenvalue weighted by molar-refractivity contribution is 7.99. The Morgan fingerprint density at radius 1 is 1.21 bits per heavy atom. The van der Waals surface area contributed by atoms with Gasteiger partial charge in [-0.05, 0) is 29.8 Å². The van der Waals surface area contributed by atoms with Crippen molar-refractivity contribution < 1.29 is 18.7 Å². The number of carbonyl (C=O) groups excluding carboxylic acids is 1. The van der Waals surface area contributed by atoms with E-state index < -0.39 is 0 Å². The molecule has 10 heteroatoms. The van der Waals surface area contributed by atoms with Gasteiger partial charge in [-0.1, -0.05) is 17.8 Å². The molecule has 0 saturated carbocycles. The lowest BCUT2D eigenvalue weighted by atomic mass is 10.2. The van der Waals surface area contributed by atoms with Crippen LogP contribution in [0.2, 0.25) is 0 Å². The Morgan fingerprint density at radius 2 is 2.07 bits per heavy atom. The molecule has 0 fully saturated rings. The highest BCUT2D eigenvalue weighted by Crippen LogP contribution is 2.35. The maximum Gasteiger partial charge on any atom is 0.277 e. The lowest BCUT2D eigenvalue weighted by molar-refractivity contribution is -0.116. The molecule has 29 heavy (non-hydrogen) atoms. The molecule has 4 rings (SSSR count). The molecule has 1 aromatic carbocycles. The molecule has 0 spiro atoms. The highest BCUT2D eigenvalue weighted by atomic mass is 32.2. The van der Waals surface area contributed by atoms with Gasteiger partial charge < -0.3 is 18.8 Å². The smallest absolute Gasteiger partial charge is 0.277 e. The zero-order valence-electron chi connectivity index (χ0n) is 15.7. The molecule has 0 unspecified atom stereocenters. The second-order valence-corrected chi connectivity index (χ2v) is 8.90. The van der Waals surface area contributed by atoms with Crippen LogP contribution in [0.5, 0.6) is 11.5 Å². The van der Waals surface area contributed by atoms with Gasteiger partial charge in [0, 0.05) is 16.6 Å². The second-order valence-electron chi connectivity index (χ2n) is 6.07. The quantitative estimate of drug-likeness (QED) is 0.476. The van der Waals surface area contributed by atoms with Gasteiger partial charge in [-0.2, -0.15) is 11.8 Å². The van der Waals surface area contributed by atoms with E-state index in [0.29, 0.717) is 48.1 Å². The average molecular weight is 450 g/mol. The zero-order chi connectivity index (χ0) is 20.1. The van der Waals surface area contributed by atoms with Crippen LogP contribution in [-0.4, -0.2) is 41.3 Å². The Bertz CT molecular complexity index is 962. The van der Waals surface area contributed by atoms with Gasteiger partial charge in [-0.25, -0.2) is 0 Å². The number of fused-ring (bicyclic) bond motifs is 1. The summed E-state index contributed by atoms with van der Waals surface area (Å²) in [5.74, 6) is 2.72. The molecule has 152 valence electrons. The first kappa shape index (κ1) is 20.1. The predicted octanol–water partition coefficient (Wildman–Crippen LogP) is 4.09. The first-order valence-electron chi connectivity index (χ1n) is 8.89. The monoisotopic (exact) mass is 449 g/mol. The Hall–Kier alpha value is -2.17. The molecule has 0 saturated heterocycles. The van der Waals surface area contributed by atoms with Crippen LogP contribution < -0.4 is 14.4 Å². The van der Waals surface area contributed by atoms with E-state index >= 15 is 0 Å². The predicted molar refractivity (Wildman–Crippen MR) is 115 cm³/mol. The Balaban J connectivity index is 1.50. The highest BCUT2D eigenvalue weighted by Gasteiger charge is 2.21. The number of rotatable bonds is 8. The molecule has 0 atom stereocenters. The zero-order valence-corrected chi connectivity index (χ0v) is 18.1. The molecule has 1 aliphatic heterocycles. The maximum atomic E-state index is 13.1. The van der Waals surface area contributed by atoms with E-state index in [1.54, 1.807) is 28.0 Å². The van der Waals surface area contributed by atoms with Crippen molar-refractivity contribution in [3.05, 3.63) is 46.5 Å². The molecule has 0 radical (unpaired) electrons. The minimum absolute atomic E-state index is 0.0512. The SMILES string of the molecule is CSCc1nnc(SCC(=O)N(Cc2cccs2)c2ccc3c(c2)OCCO3)o1. The summed E-state index contributed by atoms with van der Waals surface area (Å²) in [6.45, 7) is 1.52. The number of anilines is 1. The topological polar surface area (TPSA) is 77.7 Å². The normalized spacial score (nSPS) is 12.7. The van der Waals surface area contributed by atoms with E-state index in [0.717, 1.165) is 10.6 Å². The number of benzene rings is 1. The summed E-state index contributed by atoms with van der Waals surface area (Å²) in [6.07, 6.45) is 1.97. The molecule has 3 aromatic rings. The largest absolute Gasteiger partial charge is 0.486 e. The third kappa shape index (κ3) is 5.06. The Morgan fingerprint density at radius 3 is 2.86 bits per heavy atom. The number of hydrogen-bond acceptors (Lipinski definition) is 9. The number of amides is 1. The van der Waals surface area contributed by atoms with Gasteiger partial charge in [0.25, 0.3) is 5.22 Å². The lowest BCUT2D eigenvalue weighted by Gasteiger charge is -2.25. The molecular formula is C19H19N3O4S3. The van der Waals surface area contributed by atoms with Crippen molar-refractivity contribution in [1.82, 2.24) is 10.2 Å². The summed E-state index contributed by atoms with van der Waals surface area (Å²) in [7, 11) is 0. The first-order valence-corrected chi connectivity index (χ1v) is 12.2. The molecule has 7 nitrogen and oxygen atoms in total. The van der Waals surface area contributed by atoms with Crippen LogP contribution in [0.4, 0.5) is 5.69 Å². The third-order valence-electron chi connectivity index (χ3n) is 4.07. The summed E-state index contributed by atoms with van der Waals surface area (Å²) in [4.78, 5) is 15.9. The van der Waals surface area contributed by atoms with Gasteiger partial charge >= 0.3 is 0 Å². The van der Waals surface area contributed by atoms with Crippen LogP contribution in [0.15, 0.2) is 45.4 Å². The number of thioether (sulfide) groups is 2. The minimum atomic E-state index is -0.0512. The van der Waals surface area contributed by atoms with Crippen LogP contribution in [0, 0.1) is 0 Å². The maximum absolute atomic E-state index is 13.1. The number of carbonyl (C=O) groups is 1. The number of ether oxygens (including phenoxy) is 2. The average Bonchev–Trinajstić information content (AvgIpc) is 3.42. The van der Waals surface area contributed by atoms with Gasteiger partial charge in [-0.15, -0.1) is 21.5 Å². The van der Waals surface area contributed by atoms with Crippen LogP contribution in [0.1, 0.15) is 10.8 Å². The van der Waals surface area contributed by atoms with Gasteiger partial charge in [0.1, 0.15) is 13.2 Å². The molecular weight excluding hydrogens is 430 g/mol. The summed E-state index contributed by atoms with van der Waals surface area (Å²) in [5.41, 5.74) is 0.766. The second kappa shape index (κ2) is 9.55. The van der Waals surface area contributed by atoms with E-state index in [1.807, 2.05) is 42.0 Å². The third-order valence-corrected chi connectivity index (χ3v) is 6.27. The molecule has 0 aliphatic carbocycles. The fourth-order valence-corrected chi connectivity index (χ4v) is 4.47.